The lowest BCUT2D eigenvalue weighted by atomic mass is 10.1. The summed E-state index contributed by atoms with van der Waals surface area (Å²) in [5.41, 5.74) is 0.576. The SMILES string of the molecule is CC.CC.CN1CC2CCC(CC1=O)N2.CN1CCNC2(CC2)C1. The summed E-state index contributed by atoms with van der Waals surface area (Å²) in [6, 6.07) is 1.04. The van der Waals surface area contributed by atoms with E-state index in [0.29, 0.717) is 30.0 Å². The van der Waals surface area contributed by atoms with Crippen LogP contribution >= 0.6 is 0 Å². The normalized spacial score (nSPS) is 30.1. The smallest absolute Gasteiger partial charge is 0.223 e. The number of amides is 1. The molecule has 3 saturated heterocycles. The number of piperazine rings is 1. The first-order valence-corrected chi connectivity index (χ1v) is 10.00. The van der Waals surface area contributed by atoms with E-state index in [0.717, 1.165) is 6.54 Å². The van der Waals surface area contributed by atoms with Crippen molar-refractivity contribution in [3.05, 3.63) is 0 Å². The van der Waals surface area contributed by atoms with Crippen LogP contribution in [0.4, 0.5) is 0 Å². The highest BCUT2D eigenvalue weighted by Crippen LogP contribution is 2.36. The van der Waals surface area contributed by atoms with E-state index in [1.807, 2.05) is 39.6 Å². The first-order chi connectivity index (χ1) is 11.6. The molecule has 3 aliphatic heterocycles. The molecule has 0 aromatic rings. The summed E-state index contributed by atoms with van der Waals surface area (Å²) < 4.78 is 0. The summed E-state index contributed by atoms with van der Waals surface area (Å²) >= 11 is 0. The van der Waals surface area contributed by atoms with Crippen LogP contribution in [0.1, 0.15) is 59.8 Å². The standard InChI is InChI=1S/C8H14N2O.C7H14N2.2C2H6/c1-10-5-7-3-2-6(9-7)4-8(10)11;1-9-5-4-8-7(6-9)2-3-7;2*1-2/h6-7,9H,2-5H2,1H3;8H,2-6H2,1H3;2*1-2H3. The van der Waals surface area contributed by atoms with E-state index < -0.39 is 0 Å². The lowest BCUT2D eigenvalue weighted by molar-refractivity contribution is -0.129. The number of carbonyl (C=O) groups excluding carboxylic acids is 1. The highest BCUT2D eigenvalue weighted by molar-refractivity contribution is 5.77. The summed E-state index contributed by atoms with van der Waals surface area (Å²) in [6.07, 6.45) is 5.92. The van der Waals surface area contributed by atoms with Crippen molar-refractivity contribution >= 4 is 5.91 Å². The highest BCUT2D eigenvalue weighted by Gasteiger charge is 2.44. The fourth-order valence-corrected chi connectivity index (χ4v) is 3.66. The topological polar surface area (TPSA) is 47.6 Å². The Labute approximate surface area is 149 Å². The summed E-state index contributed by atoms with van der Waals surface area (Å²) in [4.78, 5) is 15.6. The van der Waals surface area contributed by atoms with Gasteiger partial charge in [0, 0.05) is 57.3 Å². The molecule has 1 saturated carbocycles. The number of hydrogen-bond acceptors (Lipinski definition) is 4. The maximum atomic E-state index is 11.3. The Balaban J connectivity index is 0.000000202. The largest absolute Gasteiger partial charge is 0.344 e. The second-order valence-electron chi connectivity index (χ2n) is 7.06. The Morgan fingerprint density at radius 1 is 1.04 bits per heavy atom. The molecule has 4 aliphatic rings. The number of likely N-dealkylation sites (N-methyl/N-ethyl adjacent to an activating group) is 2. The fraction of sp³-hybridized carbons (Fsp3) is 0.947. The van der Waals surface area contributed by atoms with Gasteiger partial charge in [-0.15, -0.1) is 0 Å². The van der Waals surface area contributed by atoms with Crippen LogP contribution in [0.3, 0.4) is 0 Å². The number of hydrogen-bond donors (Lipinski definition) is 2. The molecule has 2 atom stereocenters. The van der Waals surface area contributed by atoms with Crippen molar-refractivity contribution in [3.63, 3.8) is 0 Å². The van der Waals surface area contributed by atoms with Crippen LogP contribution in [-0.2, 0) is 4.79 Å². The van der Waals surface area contributed by atoms with Gasteiger partial charge in [0.2, 0.25) is 5.91 Å². The molecule has 2 N–H and O–H groups in total. The van der Waals surface area contributed by atoms with Gasteiger partial charge in [-0.3, -0.25) is 4.79 Å². The Morgan fingerprint density at radius 3 is 2.21 bits per heavy atom. The zero-order valence-electron chi connectivity index (χ0n) is 16.8. The Kier molecular flexibility index (Phi) is 9.24. The molecule has 0 radical (unpaired) electrons. The molecule has 24 heavy (non-hydrogen) atoms. The van der Waals surface area contributed by atoms with Crippen molar-refractivity contribution in [2.24, 2.45) is 0 Å². The van der Waals surface area contributed by atoms with E-state index in [4.69, 9.17) is 0 Å². The van der Waals surface area contributed by atoms with Crippen LogP contribution in [0.2, 0.25) is 0 Å². The van der Waals surface area contributed by atoms with Crippen LogP contribution in [0.15, 0.2) is 0 Å². The van der Waals surface area contributed by atoms with Crippen molar-refractivity contribution in [2.75, 3.05) is 40.3 Å². The Bertz CT molecular complexity index is 370. The van der Waals surface area contributed by atoms with Gasteiger partial charge in [0.1, 0.15) is 0 Å². The van der Waals surface area contributed by atoms with E-state index in [-0.39, 0.29) is 0 Å². The third-order valence-corrected chi connectivity index (χ3v) is 5.10. The highest BCUT2D eigenvalue weighted by atomic mass is 16.2. The van der Waals surface area contributed by atoms with E-state index >= 15 is 0 Å². The van der Waals surface area contributed by atoms with Gasteiger partial charge in [-0.05, 0) is 32.7 Å². The van der Waals surface area contributed by atoms with Gasteiger partial charge in [0.15, 0.2) is 0 Å². The first-order valence-electron chi connectivity index (χ1n) is 10.00. The second-order valence-corrected chi connectivity index (χ2v) is 7.06. The van der Waals surface area contributed by atoms with Crippen LogP contribution in [0, 0.1) is 0 Å². The predicted octanol–water partition coefficient (Wildman–Crippen LogP) is 2.08. The van der Waals surface area contributed by atoms with Gasteiger partial charge in [-0.25, -0.2) is 0 Å². The average molecular weight is 341 g/mol. The minimum atomic E-state index is 0.296. The number of likely N-dealkylation sites (tertiary alicyclic amines) is 1. The zero-order chi connectivity index (χ0) is 18.2. The molecule has 3 heterocycles. The third-order valence-electron chi connectivity index (χ3n) is 5.10. The number of carbonyl (C=O) groups is 1. The maximum absolute atomic E-state index is 11.3. The van der Waals surface area contributed by atoms with Crippen LogP contribution in [-0.4, -0.2) is 73.6 Å². The van der Waals surface area contributed by atoms with Crippen molar-refractivity contribution in [3.8, 4) is 0 Å². The third kappa shape index (κ3) is 6.34. The zero-order valence-corrected chi connectivity index (χ0v) is 16.8. The van der Waals surface area contributed by atoms with Gasteiger partial charge >= 0.3 is 0 Å². The van der Waals surface area contributed by atoms with E-state index in [2.05, 4.69) is 22.6 Å². The molecule has 0 aromatic carbocycles. The quantitative estimate of drug-likeness (QED) is 0.709. The molecule has 4 fully saturated rings. The molecular formula is C19H40N4O. The maximum Gasteiger partial charge on any atom is 0.223 e. The fourth-order valence-electron chi connectivity index (χ4n) is 3.66. The van der Waals surface area contributed by atoms with Crippen LogP contribution in [0.25, 0.3) is 0 Å². The molecule has 4 rings (SSSR count). The molecule has 1 aliphatic carbocycles. The molecular weight excluding hydrogens is 300 g/mol. The van der Waals surface area contributed by atoms with Gasteiger partial charge in [0.05, 0.1) is 0 Å². The lowest BCUT2D eigenvalue weighted by Crippen LogP contribution is -2.50. The van der Waals surface area contributed by atoms with Crippen molar-refractivity contribution < 1.29 is 4.79 Å². The van der Waals surface area contributed by atoms with Crippen molar-refractivity contribution in [1.29, 1.82) is 0 Å². The van der Waals surface area contributed by atoms with E-state index in [9.17, 15) is 4.79 Å². The van der Waals surface area contributed by atoms with Crippen molar-refractivity contribution in [2.45, 2.75) is 77.4 Å². The first kappa shape index (κ1) is 21.4. The monoisotopic (exact) mass is 340 g/mol. The van der Waals surface area contributed by atoms with Gasteiger partial charge in [-0.2, -0.15) is 0 Å². The molecule has 2 unspecified atom stereocenters. The summed E-state index contributed by atoms with van der Waals surface area (Å²) in [5, 5.41) is 7.01. The molecule has 142 valence electrons. The molecule has 1 amide bonds. The average Bonchev–Trinajstić information content (AvgIpc) is 3.21. The molecule has 1 spiro atoms. The van der Waals surface area contributed by atoms with E-state index in [1.165, 1.54) is 45.3 Å². The Hall–Kier alpha value is -0.650. The summed E-state index contributed by atoms with van der Waals surface area (Å²) in [6.45, 7) is 12.6. The number of rotatable bonds is 0. The summed E-state index contributed by atoms with van der Waals surface area (Å²) in [5.74, 6) is 0.296. The molecule has 0 aromatic heterocycles. The second kappa shape index (κ2) is 10.4. The van der Waals surface area contributed by atoms with Crippen LogP contribution in [0.5, 0.6) is 0 Å². The number of nitrogens with zero attached hydrogens (tertiary/aromatic N) is 2. The van der Waals surface area contributed by atoms with Gasteiger partial charge in [0.25, 0.3) is 0 Å². The van der Waals surface area contributed by atoms with Crippen LogP contribution < -0.4 is 10.6 Å². The minimum Gasteiger partial charge on any atom is -0.344 e. The molecule has 2 bridgehead atoms. The number of fused-ring (bicyclic) bond motifs is 2. The minimum absolute atomic E-state index is 0.296. The van der Waals surface area contributed by atoms with Gasteiger partial charge < -0.3 is 20.4 Å². The number of nitrogens with one attached hydrogen (secondary N) is 2. The molecule has 5 nitrogen and oxygen atoms in total. The van der Waals surface area contributed by atoms with E-state index in [1.54, 1.807) is 0 Å². The lowest BCUT2D eigenvalue weighted by Gasteiger charge is -2.30. The Morgan fingerprint density at radius 2 is 1.67 bits per heavy atom. The summed E-state index contributed by atoms with van der Waals surface area (Å²) in [7, 11) is 4.10. The van der Waals surface area contributed by atoms with Crippen molar-refractivity contribution in [1.82, 2.24) is 20.4 Å². The molecule has 5 heteroatoms. The van der Waals surface area contributed by atoms with Gasteiger partial charge in [-0.1, -0.05) is 27.7 Å². The predicted molar refractivity (Wildman–Crippen MR) is 102 cm³/mol.